The lowest BCUT2D eigenvalue weighted by Gasteiger charge is -2.36. The number of hydrogen-bond acceptors (Lipinski definition) is 14. The Bertz CT molecular complexity index is 1750. The number of nitrogens with one attached hydrogen (secondary N) is 2. The van der Waals surface area contributed by atoms with E-state index in [0.29, 0.717) is 0 Å². The smallest absolute Gasteiger partial charge is 0.340 e. The summed E-state index contributed by atoms with van der Waals surface area (Å²) in [6.07, 6.45) is 0. The minimum atomic E-state index is -1.81. The van der Waals surface area contributed by atoms with Gasteiger partial charge in [0, 0.05) is 13.1 Å². The van der Waals surface area contributed by atoms with E-state index < -0.39 is 81.1 Å². The molecule has 0 saturated heterocycles. The number of ketones is 2. The minimum Gasteiger partial charge on any atom is -0.465 e. The minimum absolute atomic E-state index is 0.0636. The van der Waals surface area contributed by atoms with Crippen LogP contribution in [0.15, 0.2) is 106 Å². The summed E-state index contributed by atoms with van der Waals surface area (Å²) in [7, 11) is 0. The highest BCUT2D eigenvalue weighted by Gasteiger charge is 2.56. The van der Waals surface area contributed by atoms with Gasteiger partial charge in [0.15, 0.2) is 11.5 Å². The van der Waals surface area contributed by atoms with Crippen molar-refractivity contribution in [1.82, 2.24) is 10.6 Å². The lowest BCUT2D eigenvalue weighted by molar-refractivity contribution is -0.151. The molecule has 0 amide bonds. The van der Waals surface area contributed by atoms with E-state index in [-0.39, 0.29) is 51.3 Å². The van der Waals surface area contributed by atoms with Crippen LogP contribution in [-0.4, -0.2) is 61.9 Å². The molecule has 0 bridgehead atoms. The Balaban J connectivity index is 1.66. The Hall–Kier alpha value is -6.18. The molecular weight excluding hydrogens is 676 g/mol. The van der Waals surface area contributed by atoms with Crippen molar-refractivity contribution in [2.75, 3.05) is 26.4 Å². The van der Waals surface area contributed by atoms with Crippen LogP contribution in [0.5, 0.6) is 0 Å². The van der Waals surface area contributed by atoms with Crippen molar-refractivity contribution in [3.63, 3.8) is 0 Å². The number of carbonyl (C=O) groups excluding carboxylic acids is 6. The highest BCUT2D eigenvalue weighted by molar-refractivity contribution is 6.28. The van der Waals surface area contributed by atoms with E-state index >= 15 is 0 Å². The van der Waals surface area contributed by atoms with Crippen molar-refractivity contribution in [3.05, 3.63) is 117 Å². The van der Waals surface area contributed by atoms with Gasteiger partial charge in [-0.15, -0.1) is 0 Å². The highest BCUT2D eigenvalue weighted by atomic mass is 16.6. The summed E-state index contributed by atoms with van der Waals surface area (Å²) in [4.78, 5) is 83.8. The van der Waals surface area contributed by atoms with E-state index in [2.05, 4.69) is 10.6 Å². The summed E-state index contributed by atoms with van der Waals surface area (Å²) in [5, 5.41) is 5.90. The fourth-order valence-electron chi connectivity index (χ4n) is 5.87. The molecule has 52 heavy (non-hydrogen) atoms. The molecular formula is C38H38N2O12. The van der Waals surface area contributed by atoms with Crippen LogP contribution in [0, 0.1) is 11.8 Å². The average molecular weight is 715 g/mol. The topological polar surface area (TPSA) is 182 Å². The molecule has 0 fully saturated rings. The van der Waals surface area contributed by atoms with Gasteiger partial charge >= 0.3 is 23.9 Å². The van der Waals surface area contributed by atoms with Crippen LogP contribution in [0.2, 0.25) is 0 Å². The van der Waals surface area contributed by atoms with Gasteiger partial charge in [0.2, 0.25) is 23.3 Å². The van der Waals surface area contributed by atoms with E-state index in [1.54, 1.807) is 62.4 Å². The molecule has 14 nitrogen and oxygen atoms in total. The number of benzene rings is 2. The summed E-state index contributed by atoms with van der Waals surface area (Å²) in [6, 6.07) is 17.9. The third kappa shape index (κ3) is 7.45. The number of carbonyl (C=O) groups is 6. The van der Waals surface area contributed by atoms with Crippen LogP contribution >= 0.6 is 0 Å². The Morgan fingerprint density at radius 2 is 0.904 bits per heavy atom. The number of allylic oxidation sites excluding steroid dienone is 2. The van der Waals surface area contributed by atoms with Crippen LogP contribution in [0.25, 0.3) is 0 Å². The summed E-state index contributed by atoms with van der Waals surface area (Å²) in [6.45, 7) is 5.82. The third-order valence-corrected chi connectivity index (χ3v) is 8.07. The van der Waals surface area contributed by atoms with Crippen LogP contribution in [-0.2, 0) is 70.3 Å². The second-order valence-corrected chi connectivity index (χ2v) is 11.3. The van der Waals surface area contributed by atoms with E-state index in [1.165, 1.54) is 13.8 Å². The maximum absolute atomic E-state index is 14.6. The molecule has 0 spiro atoms. The van der Waals surface area contributed by atoms with Crippen molar-refractivity contribution >= 4 is 35.4 Å². The molecule has 2 heterocycles. The molecule has 14 heteroatoms. The van der Waals surface area contributed by atoms with Gasteiger partial charge in [-0.05, 0) is 38.8 Å². The molecule has 272 valence electrons. The SMILES string of the molecule is CCOC(=O)C1=C(NCc2ccccc2)OC2=C(C(=O)C3=C(C2=O)C(C(=O)OCC)C(C(=O)OCC)=C(NCc2ccccc2)O3)C1C(=O)OCC. The van der Waals surface area contributed by atoms with Crippen molar-refractivity contribution in [2.24, 2.45) is 11.8 Å². The zero-order valence-electron chi connectivity index (χ0n) is 29.1. The largest absolute Gasteiger partial charge is 0.465 e. The predicted octanol–water partition coefficient (Wildman–Crippen LogP) is 3.19. The summed E-state index contributed by atoms with van der Waals surface area (Å²) < 4.78 is 33.3. The van der Waals surface area contributed by atoms with Crippen molar-refractivity contribution in [2.45, 2.75) is 40.8 Å². The molecule has 2 aromatic rings. The maximum atomic E-state index is 14.6. The molecule has 0 aromatic heterocycles. The van der Waals surface area contributed by atoms with Crippen LogP contribution in [0.4, 0.5) is 0 Å². The molecule has 2 atom stereocenters. The number of rotatable bonds is 14. The van der Waals surface area contributed by atoms with Crippen LogP contribution in [0.1, 0.15) is 38.8 Å². The first-order valence-electron chi connectivity index (χ1n) is 16.8. The Labute approximate surface area is 299 Å². The van der Waals surface area contributed by atoms with Crippen molar-refractivity contribution < 1.29 is 57.2 Å². The third-order valence-electron chi connectivity index (χ3n) is 8.07. The molecule has 1 aliphatic carbocycles. The van der Waals surface area contributed by atoms with Gasteiger partial charge in [-0.2, -0.15) is 0 Å². The van der Waals surface area contributed by atoms with Gasteiger partial charge in [0.25, 0.3) is 0 Å². The highest BCUT2D eigenvalue weighted by Crippen LogP contribution is 2.46. The maximum Gasteiger partial charge on any atom is 0.340 e. The van der Waals surface area contributed by atoms with E-state index in [9.17, 15) is 28.8 Å². The van der Waals surface area contributed by atoms with Gasteiger partial charge in [-0.3, -0.25) is 19.2 Å². The van der Waals surface area contributed by atoms with Gasteiger partial charge in [0.05, 0.1) is 37.6 Å². The zero-order valence-corrected chi connectivity index (χ0v) is 29.1. The molecule has 2 unspecified atom stereocenters. The molecule has 2 N–H and O–H groups in total. The standard InChI is InChI=1S/C38H38N2O12/c1-5-47-35(43)23-25-29(41)32-26(30(42)31(25)51-33(27(23)37(45)49-7-3)39-19-21-15-11-9-12-16-21)24(36(44)48-6-2)28(38(46)50-8-4)34(52-32)40-20-22-17-13-10-14-18-22/h9-18,23-24,39-40H,5-8,19-20H2,1-4H3. The Morgan fingerprint density at radius 1 is 0.558 bits per heavy atom. The lowest BCUT2D eigenvalue weighted by atomic mass is 9.75. The summed E-state index contributed by atoms with van der Waals surface area (Å²) >= 11 is 0. The number of esters is 4. The molecule has 2 aromatic carbocycles. The van der Waals surface area contributed by atoms with Gasteiger partial charge in [-0.25, -0.2) is 9.59 Å². The van der Waals surface area contributed by atoms with E-state index in [0.717, 1.165) is 11.1 Å². The average Bonchev–Trinajstić information content (AvgIpc) is 3.15. The Morgan fingerprint density at radius 3 is 1.23 bits per heavy atom. The van der Waals surface area contributed by atoms with E-state index in [1.807, 2.05) is 12.1 Å². The molecule has 2 aliphatic heterocycles. The monoisotopic (exact) mass is 714 g/mol. The number of hydrogen-bond donors (Lipinski definition) is 2. The van der Waals surface area contributed by atoms with Gasteiger partial charge in [0.1, 0.15) is 23.0 Å². The first-order valence-corrected chi connectivity index (χ1v) is 16.8. The second-order valence-electron chi connectivity index (χ2n) is 11.3. The normalized spacial score (nSPS) is 18.1. The first-order chi connectivity index (χ1) is 25.2. The molecule has 0 radical (unpaired) electrons. The lowest BCUT2D eigenvalue weighted by Crippen LogP contribution is -2.45. The van der Waals surface area contributed by atoms with Crippen LogP contribution < -0.4 is 10.6 Å². The molecule has 0 saturated carbocycles. The fourth-order valence-corrected chi connectivity index (χ4v) is 5.87. The van der Waals surface area contributed by atoms with Crippen molar-refractivity contribution in [3.8, 4) is 0 Å². The van der Waals surface area contributed by atoms with Crippen molar-refractivity contribution in [1.29, 1.82) is 0 Å². The van der Waals surface area contributed by atoms with E-state index in [4.69, 9.17) is 28.4 Å². The second kappa shape index (κ2) is 16.7. The van der Waals surface area contributed by atoms with Gasteiger partial charge < -0.3 is 39.1 Å². The summed E-state index contributed by atoms with van der Waals surface area (Å²) in [5.41, 5.74) is -0.479. The Kier molecular flexibility index (Phi) is 11.9. The first kappa shape index (κ1) is 37.1. The number of ether oxygens (including phenoxy) is 6. The predicted molar refractivity (Wildman–Crippen MR) is 180 cm³/mol. The van der Waals surface area contributed by atoms with Crippen LogP contribution in [0.3, 0.4) is 0 Å². The zero-order chi connectivity index (χ0) is 37.4. The van der Waals surface area contributed by atoms with Gasteiger partial charge in [-0.1, -0.05) is 60.7 Å². The molecule has 5 rings (SSSR count). The molecule has 3 aliphatic rings. The fraction of sp³-hybridized carbons (Fsp3) is 0.316. The quantitative estimate of drug-likeness (QED) is 0.165. The number of Topliss-reactive ketones (excluding diaryl/α,β-unsaturated/α-hetero) is 2. The summed E-state index contributed by atoms with van der Waals surface area (Å²) in [5.74, 6) is -11.9.